The van der Waals surface area contributed by atoms with Gasteiger partial charge in [0.05, 0.1) is 10.7 Å². The summed E-state index contributed by atoms with van der Waals surface area (Å²) >= 11 is 12.8. The zero-order chi connectivity index (χ0) is 13.1. The van der Waals surface area contributed by atoms with Gasteiger partial charge >= 0.3 is 0 Å². The summed E-state index contributed by atoms with van der Waals surface area (Å²) in [5.74, 6) is -0.307. The van der Waals surface area contributed by atoms with Crippen LogP contribution in [0.5, 0.6) is 0 Å². The van der Waals surface area contributed by atoms with Gasteiger partial charge in [-0.05, 0) is 67.8 Å². The van der Waals surface area contributed by atoms with E-state index in [-0.39, 0.29) is 5.82 Å². The molecule has 0 radical (unpaired) electrons. The Hall–Kier alpha value is -0.580. The second-order valence-corrected chi connectivity index (χ2v) is 5.84. The Bertz CT molecular complexity index is 575. The number of anilines is 1. The SMILES string of the molecule is Fc1ccc(Cl)c(NCc2ccc(Br)c(Br)c2)c1. The summed E-state index contributed by atoms with van der Waals surface area (Å²) in [6.07, 6.45) is 0. The van der Waals surface area contributed by atoms with E-state index in [0.29, 0.717) is 17.3 Å². The summed E-state index contributed by atoms with van der Waals surface area (Å²) in [5.41, 5.74) is 1.67. The zero-order valence-electron chi connectivity index (χ0n) is 9.18. The van der Waals surface area contributed by atoms with Crippen LogP contribution in [-0.4, -0.2) is 0 Å². The van der Waals surface area contributed by atoms with Crippen LogP contribution in [0.2, 0.25) is 5.02 Å². The van der Waals surface area contributed by atoms with Crippen molar-refractivity contribution in [3.8, 4) is 0 Å². The lowest BCUT2D eigenvalue weighted by Crippen LogP contribution is -2.00. The highest BCUT2D eigenvalue weighted by Gasteiger charge is 2.03. The van der Waals surface area contributed by atoms with Crippen molar-refractivity contribution in [3.05, 3.63) is 61.7 Å². The molecule has 1 nitrogen and oxygen atoms in total. The third kappa shape index (κ3) is 3.46. The summed E-state index contributed by atoms with van der Waals surface area (Å²) in [4.78, 5) is 0. The lowest BCUT2D eigenvalue weighted by Gasteiger charge is -2.09. The molecule has 0 heterocycles. The fourth-order valence-corrected chi connectivity index (χ4v) is 2.34. The van der Waals surface area contributed by atoms with Crippen LogP contribution in [0.1, 0.15) is 5.56 Å². The molecule has 0 amide bonds. The molecule has 0 aromatic heterocycles. The molecule has 2 aromatic rings. The van der Waals surface area contributed by atoms with Gasteiger partial charge in [0.1, 0.15) is 5.82 Å². The molecule has 0 bridgehead atoms. The molecule has 0 saturated heterocycles. The quantitative estimate of drug-likeness (QED) is 0.714. The molecule has 0 unspecified atom stereocenters. The second kappa shape index (κ2) is 6.04. The fourth-order valence-electron chi connectivity index (χ4n) is 1.48. The zero-order valence-corrected chi connectivity index (χ0v) is 13.1. The Balaban J connectivity index is 2.11. The smallest absolute Gasteiger partial charge is 0.125 e. The summed E-state index contributed by atoms with van der Waals surface area (Å²) in [7, 11) is 0. The fraction of sp³-hybridized carbons (Fsp3) is 0.0769. The molecule has 2 rings (SSSR count). The predicted molar refractivity (Wildman–Crippen MR) is 80.6 cm³/mol. The molecular weight excluding hydrogens is 384 g/mol. The van der Waals surface area contributed by atoms with Gasteiger partial charge in [0.15, 0.2) is 0 Å². The van der Waals surface area contributed by atoms with Crippen molar-refractivity contribution in [2.75, 3.05) is 5.32 Å². The first-order valence-electron chi connectivity index (χ1n) is 5.19. The number of benzene rings is 2. The van der Waals surface area contributed by atoms with Gasteiger partial charge in [0.25, 0.3) is 0 Å². The van der Waals surface area contributed by atoms with Crippen molar-refractivity contribution in [2.45, 2.75) is 6.54 Å². The number of hydrogen-bond donors (Lipinski definition) is 1. The number of hydrogen-bond acceptors (Lipinski definition) is 1. The van der Waals surface area contributed by atoms with E-state index in [0.717, 1.165) is 14.5 Å². The monoisotopic (exact) mass is 391 g/mol. The number of rotatable bonds is 3. The molecule has 0 aliphatic carbocycles. The summed E-state index contributed by atoms with van der Waals surface area (Å²) in [5, 5.41) is 3.62. The molecular formula is C13H9Br2ClFN. The molecule has 0 spiro atoms. The third-order valence-electron chi connectivity index (χ3n) is 2.40. The van der Waals surface area contributed by atoms with Gasteiger partial charge in [0, 0.05) is 15.5 Å². The minimum atomic E-state index is -0.307. The van der Waals surface area contributed by atoms with Crippen molar-refractivity contribution in [2.24, 2.45) is 0 Å². The van der Waals surface area contributed by atoms with Gasteiger partial charge in [-0.2, -0.15) is 0 Å². The Morgan fingerprint density at radius 1 is 1.06 bits per heavy atom. The van der Waals surface area contributed by atoms with Crippen molar-refractivity contribution < 1.29 is 4.39 Å². The second-order valence-electron chi connectivity index (χ2n) is 3.73. The van der Waals surface area contributed by atoms with Crippen molar-refractivity contribution in [3.63, 3.8) is 0 Å². The van der Waals surface area contributed by atoms with Crippen LogP contribution in [0, 0.1) is 5.82 Å². The lowest BCUT2D eigenvalue weighted by atomic mass is 10.2. The van der Waals surface area contributed by atoms with Crippen molar-refractivity contribution in [1.29, 1.82) is 0 Å². The number of halogens is 4. The van der Waals surface area contributed by atoms with Gasteiger partial charge in [-0.25, -0.2) is 4.39 Å². The summed E-state index contributed by atoms with van der Waals surface area (Å²) < 4.78 is 15.1. The van der Waals surface area contributed by atoms with Gasteiger partial charge in [-0.15, -0.1) is 0 Å². The topological polar surface area (TPSA) is 12.0 Å². The predicted octanol–water partition coefficient (Wildman–Crippen LogP) is 5.62. The average molecular weight is 393 g/mol. The van der Waals surface area contributed by atoms with E-state index in [1.807, 2.05) is 18.2 Å². The molecule has 2 aromatic carbocycles. The highest BCUT2D eigenvalue weighted by atomic mass is 79.9. The lowest BCUT2D eigenvalue weighted by molar-refractivity contribution is 0.628. The Morgan fingerprint density at radius 3 is 2.56 bits per heavy atom. The minimum Gasteiger partial charge on any atom is -0.380 e. The van der Waals surface area contributed by atoms with Crippen LogP contribution in [0.15, 0.2) is 45.3 Å². The van der Waals surface area contributed by atoms with Gasteiger partial charge in [0.2, 0.25) is 0 Å². The van der Waals surface area contributed by atoms with E-state index in [4.69, 9.17) is 11.6 Å². The molecule has 94 valence electrons. The number of nitrogens with one attached hydrogen (secondary N) is 1. The summed E-state index contributed by atoms with van der Waals surface area (Å²) in [6.45, 7) is 0.578. The van der Waals surface area contributed by atoms with E-state index < -0.39 is 0 Å². The molecule has 0 atom stereocenters. The van der Waals surface area contributed by atoms with Crippen molar-refractivity contribution >= 4 is 49.1 Å². The van der Waals surface area contributed by atoms with E-state index in [1.165, 1.54) is 18.2 Å². The van der Waals surface area contributed by atoms with Gasteiger partial charge in [-0.3, -0.25) is 0 Å². The van der Waals surface area contributed by atoms with E-state index in [1.54, 1.807) is 0 Å². The summed E-state index contributed by atoms with van der Waals surface area (Å²) in [6, 6.07) is 10.2. The molecule has 5 heteroatoms. The Kier molecular flexibility index (Phi) is 4.65. The van der Waals surface area contributed by atoms with Crippen LogP contribution in [0.4, 0.5) is 10.1 Å². The maximum atomic E-state index is 13.1. The maximum absolute atomic E-state index is 13.1. The Morgan fingerprint density at radius 2 is 1.83 bits per heavy atom. The molecule has 1 N–H and O–H groups in total. The first-order chi connectivity index (χ1) is 8.56. The molecule has 0 saturated carbocycles. The first-order valence-corrected chi connectivity index (χ1v) is 7.15. The van der Waals surface area contributed by atoms with Crippen LogP contribution in [0.25, 0.3) is 0 Å². The minimum absolute atomic E-state index is 0.307. The van der Waals surface area contributed by atoms with Crippen LogP contribution in [-0.2, 0) is 6.54 Å². The van der Waals surface area contributed by atoms with E-state index >= 15 is 0 Å². The van der Waals surface area contributed by atoms with Crippen LogP contribution >= 0.6 is 43.5 Å². The van der Waals surface area contributed by atoms with E-state index in [2.05, 4.69) is 37.2 Å². The van der Waals surface area contributed by atoms with Crippen molar-refractivity contribution in [1.82, 2.24) is 0 Å². The molecule has 0 aliphatic heterocycles. The maximum Gasteiger partial charge on any atom is 0.125 e. The van der Waals surface area contributed by atoms with Gasteiger partial charge in [-0.1, -0.05) is 17.7 Å². The highest BCUT2D eigenvalue weighted by molar-refractivity contribution is 9.13. The average Bonchev–Trinajstić information content (AvgIpc) is 2.34. The molecule has 18 heavy (non-hydrogen) atoms. The van der Waals surface area contributed by atoms with Gasteiger partial charge < -0.3 is 5.32 Å². The Labute approximate surface area is 127 Å². The largest absolute Gasteiger partial charge is 0.380 e. The van der Waals surface area contributed by atoms with Crippen LogP contribution in [0.3, 0.4) is 0 Å². The molecule has 0 fully saturated rings. The molecule has 0 aliphatic rings. The normalized spacial score (nSPS) is 10.4. The first kappa shape index (κ1) is 13.8. The van der Waals surface area contributed by atoms with Crippen LogP contribution < -0.4 is 5.32 Å². The standard InChI is InChI=1S/C13H9Br2ClFN/c14-10-3-1-8(5-11(10)15)7-18-13-6-9(17)2-4-12(13)16/h1-6,18H,7H2. The highest BCUT2D eigenvalue weighted by Crippen LogP contribution is 2.26. The van der Waals surface area contributed by atoms with E-state index in [9.17, 15) is 4.39 Å². The third-order valence-corrected chi connectivity index (χ3v) is 4.60.